The number of nitrogens with one attached hydrogen (secondary N) is 1. The highest BCUT2D eigenvalue weighted by Gasteiger charge is 2.20. The lowest BCUT2D eigenvalue weighted by Crippen LogP contribution is -2.21. The molecule has 1 fully saturated rings. The summed E-state index contributed by atoms with van der Waals surface area (Å²) in [7, 11) is 0. The molecule has 4 heteroatoms. The van der Waals surface area contributed by atoms with Crippen molar-refractivity contribution in [3.05, 3.63) is 10.0 Å². The van der Waals surface area contributed by atoms with Gasteiger partial charge in [-0.1, -0.05) is 26.7 Å². The molecular weight excluding hydrogens is 242 g/mol. The summed E-state index contributed by atoms with van der Waals surface area (Å²) in [5.74, 6) is 1.45. The lowest BCUT2D eigenvalue weighted by atomic mass is 10.1. The van der Waals surface area contributed by atoms with Gasteiger partial charge in [-0.25, -0.2) is 0 Å². The predicted octanol–water partition coefficient (Wildman–Crippen LogP) is 3.37. The Morgan fingerprint density at radius 2 is 2.06 bits per heavy atom. The summed E-state index contributed by atoms with van der Waals surface area (Å²) in [5, 5.41) is 14.7. The average Bonchev–Trinajstić information content (AvgIpc) is 2.98. The Labute approximate surface area is 114 Å². The number of hydrogen-bond donors (Lipinski definition) is 1. The van der Waals surface area contributed by atoms with E-state index in [1.807, 2.05) is 11.3 Å². The molecule has 0 atom stereocenters. The van der Waals surface area contributed by atoms with Crippen LogP contribution in [0.4, 0.5) is 0 Å². The molecule has 1 aromatic rings. The van der Waals surface area contributed by atoms with Gasteiger partial charge in [0.2, 0.25) is 0 Å². The average molecular weight is 267 g/mol. The second-order valence-electron chi connectivity index (χ2n) is 5.72. The maximum absolute atomic E-state index is 4.37. The van der Waals surface area contributed by atoms with Crippen LogP contribution in [-0.2, 0) is 6.42 Å². The van der Waals surface area contributed by atoms with E-state index in [9.17, 15) is 0 Å². The zero-order chi connectivity index (χ0) is 12.8. The van der Waals surface area contributed by atoms with Crippen LogP contribution in [0.1, 0.15) is 61.9 Å². The normalized spacial score (nSPS) is 16.8. The van der Waals surface area contributed by atoms with Crippen molar-refractivity contribution in [2.24, 2.45) is 5.92 Å². The molecule has 1 aliphatic rings. The Kier molecular flexibility index (Phi) is 5.57. The maximum atomic E-state index is 4.37. The minimum atomic E-state index is 0.718. The highest BCUT2D eigenvalue weighted by Crippen LogP contribution is 2.35. The van der Waals surface area contributed by atoms with E-state index >= 15 is 0 Å². The fourth-order valence-electron chi connectivity index (χ4n) is 2.46. The van der Waals surface area contributed by atoms with Crippen molar-refractivity contribution in [3.63, 3.8) is 0 Å². The van der Waals surface area contributed by atoms with E-state index in [0.717, 1.165) is 31.3 Å². The standard InChI is InChI=1S/C14H25N3S/c1-11(2)10-15-9-5-8-13-16-17-14(18-13)12-6-3-4-7-12/h11-12,15H,3-10H2,1-2H3. The largest absolute Gasteiger partial charge is 0.316 e. The summed E-state index contributed by atoms with van der Waals surface area (Å²) >= 11 is 1.84. The first-order valence-corrected chi connectivity index (χ1v) is 8.10. The molecule has 1 aliphatic carbocycles. The molecule has 102 valence electrons. The van der Waals surface area contributed by atoms with Crippen LogP contribution in [0.2, 0.25) is 0 Å². The first-order chi connectivity index (χ1) is 8.75. The van der Waals surface area contributed by atoms with Crippen molar-refractivity contribution < 1.29 is 0 Å². The number of aromatic nitrogens is 2. The van der Waals surface area contributed by atoms with Crippen molar-refractivity contribution in [3.8, 4) is 0 Å². The molecule has 3 nitrogen and oxygen atoms in total. The van der Waals surface area contributed by atoms with Crippen LogP contribution in [-0.4, -0.2) is 23.3 Å². The first kappa shape index (κ1) is 13.9. The van der Waals surface area contributed by atoms with Gasteiger partial charge in [0, 0.05) is 12.3 Å². The molecule has 0 radical (unpaired) electrons. The van der Waals surface area contributed by atoms with Crippen molar-refractivity contribution in [2.45, 2.75) is 58.3 Å². The Hall–Kier alpha value is -0.480. The molecular formula is C14H25N3S. The molecule has 2 rings (SSSR count). The number of hydrogen-bond acceptors (Lipinski definition) is 4. The molecule has 0 spiro atoms. The number of rotatable bonds is 7. The van der Waals surface area contributed by atoms with Gasteiger partial charge in [0.05, 0.1) is 0 Å². The van der Waals surface area contributed by atoms with Gasteiger partial charge in [-0.2, -0.15) is 0 Å². The van der Waals surface area contributed by atoms with Gasteiger partial charge in [0.15, 0.2) is 0 Å². The van der Waals surface area contributed by atoms with Crippen LogP contribution in [0, 0.1) is 5.92 Å². The van der Waals surface area contributed by atoms with E-state index in [1.54, 1.807) is 0 Å². The van der Waals surface area contributed by atoms with E-state index in [-0.39, 0.29) is 0 Å². The molecule has 0 aromatic carbocycles. The SMILES string of the molecule is CC(C)CNCCCc1nnc(C2CCCC2)s1. The van der Waals surface area contributed by atoms with E-state index < -0.39 is 0 Å². The van der Waals surface area contributed by atoms with E-state index in [4.69, 9.17) is 0 Å². The van der Waals surface area contributed by atoms with E-state index in [0.29, 0.717) is 0 Å². The third-order valence-electron chi connectivity index (χ3n) is 3.48. The predicted molar refractivity (Wildman–Crippen MR) is 77.1 cm³/mol. The van der Waals surface area contributed by atoms with Crippen molar-refractivity contribution in [1.29, 1.82) is 0 Å². The fourth-order valence-corrected chi connectivity index (χ4v) is 3.51. The van der Waals surface area contributed by atoms with Gasteiger partial charge < -0.3 is 5.32 Å². The Bertz CT molecular complexity index is 343. The molecule has 1 N–H and O–H groups in total. The van der Waals surface area contributed by atoms with Gasteiger partial charge in [-0.05, 0) is 38.3 Å². The van der Waals surface area contributed by atoms with Crippen LogP contribution in [0.15, 0.2) is 0 Å². The molecule has 18 heavy (non-hydrogen) atoms. The van der Waals surface area contributed by atoms with E-state index in [1.165, 1.54) is 42.1 Å². The lowest BCUT2D eigenvalue weighted by Gasteiger charge is -2.05. The van der Waals surface area contributed by atoms with Gasteiger partial charge >= 0.3 is 0 Å². The monoisotopic (exact) mass is 267 g/mol. The quantitative estimate of drug-likeness (QED) is 0.770. The summed E-state index contributed by atoms with van der Waals surface area (Å²) in [6.07, 6.45) is 7.65. The van der Waals surface area contributed by atoms with Crippen LogP contribution >= 0.6 is 11.3 Å². The van der Waals surface area contributed by atoms with E-state index in [2.05, 4.69) is 29.4 Å². The molecule has 1 saturated carbocycles. The summed E-state index contributed by atoms with van der Waals surface area (Å²) in [5.41, 5.74) is 0. The fraction of sp³-hybridized carbons (Fsp3) is 0.857. The molecule has 0 saturated heterocycles. The molecule has 0 amide bonds. The maximum Gasteiger partial charge on any atom is 0.120 e. The van der Waals surface area contributed by atoms with Crippen molar-refractivity contribution in [1.82, 2.24) is 15.5 Å². The van der Waals surface area contributed by atoms with Crippen LogP contribution in [0.25, 0.3) is 0 Å². The third-order valence-corrected chi connectivity index (χ3v) is 4.63. The van der Waals surface area contributed by atoms with Crippen molar-refractivity contribution >= 4 is 11.3 Å². The van der Waals surface area contributed by atoms with Crippen LogP contribution in [0.3, 0.4) is 0 Å². The van der Waals surface area contributed by atoms with Gasteiger partial charge in [-0.3, -0.25) is 0 Å². The Morgan fingerprint density at radius 3 is 2.78 bits per heavy atom. The third kappa shape index (κ3) is 4.32. The Balaban J connectivity index is 1.67. The first-order valence-electron chi connectivity index (χ1n) is 7.28. The minimum Gasteiger partial charge on any atom is -0.316 e. The summed E-state index contributed by atoms with van der Waals surface area (Å²) < 4.78 is 0. The second kappa shape index (κ2) is 7.19. The summed E-state index contributed by atoms with van der Waals surface area (Å²) in [4.78, 5) is 0. The van der Waals surface area contributed by atoms with Gasteiger partial charge in [0.25, 0.3) is 0 Å². The molecule has 0 bridgehead atoms. The molecule has 0 unspecified atom stereocenters. The second-order valence-corrected chi connectivity index (χ2v) is 6.81. The van der Waals surface area contributed by atoms with Crippen molar-refractivity contribution in [2.75, 3.05) is 13.1 Å². The smallest absolute Gasteiger partial charge is 0.120 e. The minimum absolute atomic E-state index is 0.718. The van der Waals surface area contributed by atoms with Crippen LogP contribution < -0.4 is 5.32 Å². The number of aryl methyl sites for hydroxylation is 1. The topological polar surface area (TPSA) is 37.8 Å². The lowest BCUT2D eigenvalue weighted by molar-refractivity contribution is 0.542. The summed E-state index contributed by atoms with van der Waals surface area (Å²) in [6, 6.07) is 0. The Morgan fingerprint density at radius 1 is 1.28 bits per heavy atom. The zero-order valence-electron chi connectivity index (χ0n) is 11.6. The molecule has 1 heterocycles. The number of nitrogens with zero attached hydrogens (tertiary/aromatic N) is 2. The van der Waals surface area contributed by atoms with Gasteiger partial charge in [0.1, 0.15) is 10.0 Å². The van der Waals surface area contributed by atoms with Gasteiger partial charge in [-0.15, -0.1) is 21.5 Å². The zero-order valence-corrected chi connectivity index (χ0v) is 12.4. The molecule has 1 aromatic heterocycles. The summed E-state index contributed by atoms with van der Waals surface area (Å²) in [6.45, 7) is 6.69. The van der Waals surface area contributed by atoms with Crippen LogP contribution in [0.5, 0.6) is 0 Å². The highest BCUT2D eigenvalue weighted by molar-refractivity contribution is 7.11. The highest BCUT2D eigenvalue weighted by atomic mass is 32.1. The molecule has 0 aliphatic heterocycles.